The maximum Gasteiger partial charge on any atom is 0.326 e. The highest BCUT2D eigenvalue weighted by atomic mass is 35.5. The molecule has 1 saturated carbocycles. The number of anilines is 1. The Bertz CT molecular complexity index is 954. The summed E-state index contributed by atoms with van der Waals surface area (Å²) in [5.41, 5.74) is 2.98. The van der Waals surface area contributed by atoms with Crippen LogP contribution in [0.25, 0.3) is 0 Å². The molecule has 6 nitrogen and oxygen atoms in total. The first-order chi connectivity index (χ1) is 13.4. The van der Waals surface area contributed by atoms with Gasteiger partial charge in [0.15, 0.2) is 0 Å². The third-order valence-electron chi connectivity index (χ3n) is 5.58. The van der Waals surface area contributed by atoms with E-state index in [-0.39, 0.29) is 28.2 Å². The third-order valence-corrected chi connectivity index (χ3v) is 7.69. The summed E-state index contributed by atoms with van der Waals surface area (Å²) in [4.78, 5) is 23.4. The van der Waals surface area contributed by atoms with Crippen molar-refractivity contribution in [1.82, 2.24) is 0 Å². The molecule has 0 spiro atoms. The second-order valence-corrected chi connectivity index (χ2v) is 9.09. The zero-order valence-corrected chi connectivity index (χ0v) is 16.6. The van der Waals surface area contributed by atoms with Gasteiger partial charge in [-0.3, -0.25) is 10.1 Å². The molecule has 28 heavy (non-hydrogen) atoms. The molecule has 0 amide bonds. The fraction of sp³-hybridized carbons (Fsp3) is 0.350. The molecule has 146 valence electrons. The topological polar surface area (TPSA) is 92.5 Å². The van der Waals surface area contributed by atoms with Crippen LogP contribution in [-0.4, -0.2) is 32.7 Å². The number of nitrogens with zero attached hydrogens (tertiary/aromatic N) is 1. The van der Waals surface area contributed by atoms with E-state index in [2.05, 4.69) is 11.4 Å². The number of carboxylic acid groups (broad SMARTS) is 1. The number of nitro benzene ring substituents is 1. The van der Waals surface area contributed by atoms with Crippen molar-refractivity contribution >= 4 is 40.7 Å². The Morgan fingerprint density at radius 2 is 2.07 bits per heavy atom. The Labute approximate surface area is 171 Å². The summed E-state index contributed by atoms with van der Waals surface area (Å²) < 4.78 is 0. The van der Waals surface area contributed by atoms with E-state index in [1.807, 2.05) is 19.1 Å². The van der Waals surface area contributed by atoms with Gasteiger partial charge in [0.1, 0.15) is 6.04 Å². The van der Waals surface area contributed by atoms with Crippen LogP contribution in [0.2, 0.25) is 0 Å². The van der Waals surface area contributed by atoms with Crippen molar-refractivity contribution < 1.29 is 14.8 Å². The predicted molar refractivity (Wildman–Crippen MR) is 109 cm³/mol. The van der Waals surface area contributed by atoms with Gasteiger partial charge in [-0.25, -0.2) is 4.79 Å². The summed E-state index contributed by atoms with van der Waals surface area (Å²) in [5.74, 6) is -1.19. The predicted octanol–water partition coefficient (Wildman–Crippen LogP) is 4.65. The van der Waals surface area contributed by atoms with E-state index in [9.17, 15) is 20.0 Å². The van der Waals surface area contributed by atoms with E-state index >= 15 is 0 Å². The van der Waals surface area contributed by atoms with Crippen molar-refractivity contribution in [1.29, 1.82) is 0 Å². The summed E-state index contributed by atoms with van der Waals surface area (Å²) in [6, 6.07) is 11.8. The number of para-hydroxylation sites is 1. The molecule has 0 unspecified atom stereocenters. The number of hydrogen-bond donors (Lipinski definition) is 2. The monoisotopic (exact) mass is 418 g/mol. The SMILES string of the molecule is Cc1ccc2c(c1)[C@H]1[C@@H](Cl)[C@@H](Sc3ccccc3[N+](=O)[O-])C[C@H]1[C@H](C(=O)O)N2. The first-order valence-electron chi connectivity index (χ1n) is 9.01. The smallest absolute Gasteiger partial charge is 0.326 e. The number of nitrogens with one attached hydrogen (secondary N) is 1. The minimum Gasteiger partial charge on any atom is -0.480 e. The Morgan fingerprint density at radius 1 is 1.32 bits per heavy atom. The largest absolute Gasteiger partial charge is 0.480 e. The minimum atomic E-state index is -0.901. The average molecular weight is 419 g/mol. The number of fused-ring (bicyclic) bond motifs is 3. The van der Waals surface area contributed by atoms with Gasteiger partial charge < -0.3 is 10.4 Å². The summed E-state index contributed by atoms with van der Waals surface area (Å²) in [6.45, 7) is 2.00. The average Bonchev–Trinajstić information content (AvgIpc) is 2.98. The van der Waals surface area contributed by atoms with Crippen LogP contribution in [0.4, 0.5) is 11.4 Å². The van der Waals surface area contributed by atoms with Crippen LogP contribution in [0.15, 0.2) is 47.4 Å². The zero-order valence-electron chi connectivity index (χ0n) is 15.0. The molecular formula is C20H19ClN2O4S. The Morgan fingerprint density at radius 3 is 2.79 bits per heavy atom. The molecule has 1 aliphatic carbocycles. The Hall–Kier alpha value is -2.25. The van der Waals surface area contributed by atoms with Crippen LogP contribution in [0.1, 0.15) is 23.5 Å². The quantitative estimate of drug-likeness (QED) is 0.426. The van der Waals surface area contributed by atoms with Gasteiger partial charge in [-0.05, 0) is 37.0 Å². The van der Waals surface area contributed by atoms with Crippen LogP contribution >= 0.6 is 23.4 Å². The number of hydrogen-bond acceptors (Lipinski definition) is 5. The molecule has 4 rings (SSSR count). The number of carbonyl (C=O) groups is 1. The summed E-state index contributed by atoms with van der Waals surface area (Å²) in [6.07, 6.45) is 0.576. The normalized spacial score (nSPS) is 28.1. The number of halogens is 1. The maximum atomic E-state index is 11.9. The van der Waals surface area contributed by atoms with E-state index in [4.69, 9.17) is 11.6 Å². The van der Waals surface area contributed by atoms with E-state index < -0.39 is 16.9 Å². The van der Waals surface area contributed by atoms with Crippen molar-refractivity contribution in [2.24, 2.45) is 5.92 Å². The summed E-state index contributed by atoms with van der Waals surface area (Å²) in [7, 11) is 0. The molecule has 0 aromatic heterocycles. The van der Waals surface area contributed by atoms with Gasteiger partial charge in [-0.15, -0.1) is 23.4 Å². The number of rotatable bonds is 4. The molecule has 0 bridgehead atoms. The lowest BCUT2D eigenvalue weighted by atomic mass is 9.79. The third kappa shape index (κ3) is 3.22. The van der Waals surface area contributed by atoms with Gasteiger partial charge >= 0.3 is 5.97 Å². The van der Waals surface area contributed by atoms with Crippen LogP contribution in [0.3, 0.4) is 0 Å². The van der Waals surface area contributed by atoms with Crippen molar-refractivity contribution in [3.8, 4) is 0 Å². The van der Waals surface area contributed by atoms with Gasteiger partial charge in [-0.2, -0.15) is 0 Å². The van der Waals surface area contributed by atoms with Crippen molar-refractivity contribution in [2.45, 2.75) is 40.8 Å². The number of benzene rings is 2. The fourth-order valence-electron chi connectivity index (χ4n) is 4.35. The fourth-order valence-corrected chi connectivity index (χ4v) is 6.29. The van der Waals surface area contributed by atoms with E-state index in [0.29, 0.717) is 11.3 Å². The number of aliphatic carboxylic acids is 1. The van der Waals surface area contributed by atoms with Gasteiger partial charge in [0.25, 0.3) is 5.69 Å². The molecule has 2 aliphatic rings. The molecule has 2 aromatic carbocycles. The van der Waals surface area contributed by atoms with Crippen LogP contribution in [0, 0.1) is 23.0 Å². The molecule has 8 heteroatoms. The van der Waals surface area contributed by atoms with Gasteiger partial charge in [0.05, 0.1) is 15.2 Å². The van der Waals surface area contributed by atoms with Gasteiger partial charge in [0, 0.05) is 22.9 Å². The van der Waals surface area contributed by atoms with Crippen LogP contribution in [-0.2, 0) is 4.79 Å². The molecule has 1 fully saturated rings. The standard InChI is InChI=1S/C20H19ClN2O4S/c1-10-6-7-13-11(8-10)17-12(19(22-13)20(24)25)9-16(18(17)21)28-15-5-3-2-4-14(15)23(26)27/h2-8,12,16-19,22H,9H2,1H3,(H,24,25)/t12-,16+,17-,18+,19-/m1/s1. The number of carboxylic acids is 1. The molecule has 1 aliphatic heterocycles. The maximum absolute atomic E-state index is 11.9. The van der Waals surface area contributed by atoms with Crippen molar-refractivity contribution in [2.75, 3.05) is 5.32 Å². The van der Waals surface area contributed by atoms with Crippen LogP contribution < -0.4 is 5.32 Å². The number of thioether (sulfide) groups is 1. The first-order valence-corrected chi connectivity index (χ1v) is 10.3. The molecule has 1 heterocycles. The molecular weight excluding hydrogens is 400 g/mol. The second kappa shape index (κ2) is 7.29. The Balaban J connectivity index is 1.70. The lowest BCUT2D eigenvalue weighted by Crippen LogP contribution is -2.42. The van der Waals surface area contributed by atoms with Gasteiger partial charge in [0.2, 0.25) is 0 Å². The van der Waals surface area contributed by atoms with E-state index in [1.165, 1.54) is 17.8 Å². The first kappa shape index (κ1) is 19.1. The lowest BCUT2D eigenvalue weighted by Gasteiger charge is -2.36. The number of aryl methyl sites for hydroxylation is 1. The van der Waals surface area contributed by atoms with Crippen LogP contribution in [0.5, 0.6) is 0 Å². The molecule has 5 atom stereocenters. The molecule has 2 aromatic rings. The highest BCUT2D eigenvalue weighted by Gasteiger charge is 2.52. The van der Waals surface area contributed by atoms with E-state index in [0.717, 1.165) is 16.8 Å². The summed E-state index contributed by atoms with van der Waals surface area (Å²) >= 11 is 8.25. The van der Waals surface area contributed by atoms with Crippen molar-refractivity contribution in [3.05, 3.63) is 63.7 Å². The molecule has 2 N–H and O–H groups in total. The second-order valence-electron chi connectivity index (χ2n) is 7.30. The molecule has 0 saturated heterocycles. The Kier molecular flexibility index (Phi) is 4.97. The number of nitro groups is 1. The lowest BCUT2D eigenvalue weighted by molar-refractivity contribution is -0.387. The molecule has 0 radical (unpaired) electrons. The minimum absolute atomic E-state index is 0.0513. The summed E-state index contributed by atoms with van der Waals surface area (Å²) in [5, 5.41) is 23.8. The highest BCUT2D eigenvalue weighted by molar-refractivity contribution is 8.00. The van der Waals surface area contributed by atoms with E-state index in [1.54, 1.807) is 18.2 Å². The zero-order chi connectivity index (χ0) is 20.0. The van der Waals surface area contributed by atoms with Gasteiger partial charge in [-0.1, -0.05) is 29.8 Å². The highest BCUT2D eigenvalue weighted by Crippen LogP contribution is 2.55. The number of alkyl halides is 1. The van der Waals surface area contributed by atoms with Crippen molar-refractivity contribution in [3.63, 3.8) is 0 Å².